The third kappa shape index (κ3) is 8.31. The van der Waals surface area contributed by atoms with Crippen LogP contribution < -0.4 is 9.62 Å². The standard InChI is InChI=1S/C28H31BrClN3O4S/c1-20(2)31-28(35)26(17-21-9-5-4-6-10-21)32(18-22-13-15-23(29)16-14-22)27(34)19-33(38(3,36)37)25-12-8-7-11-24(25)30/h4-16,20,26H,17-19H2,1-3H3,(H,31,35). The summed E-state index contributed by atoms with van der Waals surface area (Å²) in [6.07, 6.45) is 1.28. The molecule has 1 unspecified atom stereocenters. The van der Waals surface area contributed by atoms with Crippen LogP contribution in [0.1, 0.15) is 25.0 Å². The number of hydrogen-bond donors (Lipinski definition) is 1. The molecule has 10 heteroatoms. The average Bonchev–Trinajstić information content (AvgIpc) is 2.85. The van der Waals surface area contributed by atoms with Crippen molar-refractivity contribution in [2.75, 3.05) is 17.1 Å². The molecule has 0 heterocycles. The maximum atomic E-state index is 14.0. The van der Waals surface area contributed by atoms with E-state index in [0.29, 0.717) is 0 Å². The van der Waals surface area contributed by atoms with Gasteiger partial charge >= 0.3 is 0 Å². The maximum absolute atomic E-state index is 14.0. The van der Waals surface area contributed by atoms with Gasteiger partial charge in [0.05, 0.1) is 17.0 Å². The lowest BCUT2D eigenvalue weighted by atomic mass is 10.0. The molecule has 0 bridgehead atoms. The molecule has 202 valence electrons. The predicted octanol–water partition coefficient (Wildman–Crippen LogP) is 5.03. The number of nitrogens with zero attached hydrogens (tertiary/aromatic N) is 2. The van der Waals surface area contributed by atoms with E-state index in [4.69, 9.17) is 11.6 Å². The number of para-hydroxylation sites is 1. The average molecular weight is 621 g/mol. The van der Waals surface area contributed by atoms with E-state index in [2.05, 4.69) is 21.2 Å². The number of carbonyl (C=O) groups excluding carboxylic acids is 2. The smallest absolute Gasteiger partial charge is 0.244 e. The Balaban J connectivity index is 2.06. The minimum atomic E-state index is -3.88. The van der Waals surface area contributed by atoms with Gasteiger partial charge in [0.25, 0.3) is 0 Å². The number of carbonyl (C=O) groups is 2. The number of halogens is 2. The molecule has 1 N–H and O–H groups in total. The minimum absolute atomic E-state index is 0.106. The van der Waals surface area contributed by atoms with Gasteiger partial charge < -0.3 is 10.2 Å². The first-order chi connectivity index (χ1) is 18.0. The minimum Gasteiger partial charge on any atom is -0.352 e. The van der Waals surface area contributed by atoms with Gasteiger partial charge in [-0.1, -0.05) is 82.1 Å². The van der Waals surface area contributed by atoms with Gasteiger partial charge in [0.1, 0.15) is 12.6 Å². The van der Waals surface area contributed by atoms with Gasteiger partial charge in [-0.15, -0.1) is 0 Å². The molecule has 0 fully saturated rings. The number of benzene rings is 3. The Morgan fingerprint density at radius 3 is 2.11 bits per heavy atom. The summed E-state index contributed by atoms with van der Waals surface area (Å²) >= 11 is 9.73. The lowest BCUT2D eigenvalue weighted by molar-refractivity contribution is -0.140. The first-order valence-corrected chi connectivity index (χ1v) is 15.1. The molecule has 0 radical (unpaired) electrons. The molecule has 7 nitrogen and oxygen atoms in total. The van der Waals surface area contributed by atoms with Gasteiger partial charge in [-0.25, -0.2) is 8.42 Å². The molecule has 3 aromatic carbocycles. The molecular formula is C28H31BrClN3O4S. The van der Waals surface area contributed by atoms with E-state index in [1.165, 1.54) is 4.90 Å². The second-order valence-electron chi connectivity index (χ2n) is 9.24. The number of rotatable bonds is 11. The van der Waals surface area contributed by atoms with Gasteiger partial charge in [0.2, 0.25) is 21.8 Å². The Hall–Kier alpha value is -2.88. The van der Waals surface area contributed by atoms with E-state index < -0.39 is 28.5 Å². The highest BCUT2D eigenvalue weighted by Crippen LogP contribution is 2.28. The zero-order valence-corrected chi connectivity index (χ0v) is 24.6. The lowest BCUT2D eigenvalue weighted by Crippen LogP contribution is -2.54. The van der Waals surface area contributed by atoms with Crippen LogP contribution in [-0.2, 0) is 32.6 Å². The van der Waals surface area contributed by atoms with Crippen molar-refractivity contribution in [3.63, 3.8) is 0 Å². The van der Waals surface area contributed by atoms with Crippen molar-refractivity contribution in [1.29, 1.82) is 0 Å². The summed E-state index contributed by atoms with van der Waals surface area (Å²) in [6, 6.07) is 22.2. The Morgan fingerprint density at radius 2 is 1.53 bits per heavy atom. The molecule has 0 aromatic heterocycles. The number of amides is 2. The second kappa shape index (κ2) is 13.3. The molecule has 0 aliphatic carbocycles. The maximum Gasteiger partial charge on any atom is 0.244 e. The van der Waals surface area contributed by atoms with Crippen molar-refractivity contribution < 1.29 is 18.0 Å². The van der Waals surface area contributed by atoms with Crippen LogP contribution in [0.3, 0.4) is 0 Å². The molecule has 0 spiro atoms. The van der Waals surface area contributed by atoms with Gasteiger partial charge in [-0.05, 0) is 49.2 Å². The van der Waals surface area contributed by atoms with E-state index in [9.17, 15) is 18.0 Å². The van der Waals surface area contributed by atoms with Crippen LogP contribution in [0.2, 0.25) is 5.02 Å². The number of anilines is 1. The van der Waals surface area contributed by atoms with E-state index in [1.54, 1.807) is 24.3 Å². The molecule has 3 aromatic rings. The fourth-order valence-electron chi connectivity index (χ4n) is 3.97. The molecule has 2 amide bonds. The Labute approximate surface area is 238 Å². The van der Waals surface area contributed by atoms with Crippen LogP contribution in [-0.4, -0.2) is 50.0 Å². The summed E-state index contributed by atoms with van der Waals surface area (Å²) in [4.78, 5) is 28.9. The van der Waals surface area contributed by atoms with Gasteiger partial charge in [0.15, 0.2) is 0 Å². The highest BCUT2D eigenvalue weighted by molar-refractivity contribution is 9.10. The van der Waals surface area contributed by atoms with Crippen LogP contribution in [0, 0.1) is 0 Å². The number of nitrogens with one attached hydrogen (secondary N) is 1. The summed E-state index contributed by atoms with van der Waals surface area (Å²) < 4.78 is 27.4. The van der Waals surface area contributed by atoms with Gasteiger partial charge in [-0.2, -0.15) is 0 Å². The topological polar surface area (TPSA) is 86.8 Å². The van der Waals surface area contributed by atoms with Crippen LogP contribution in [0.15, 0.2) is 83.3 Å². The highest BCUT2D eigenvalue weighted by atomic mass is 79.9. The fourth-order valence-corrected chi connectivity index (χ4v) is 5.38. The highest BCUT2D eigenvalue weighted by Gasteiger charge is 2.33. The molecule has 0 saturated carbocycles. The van der Waals surface area contributed by atoms with Crippen molar-refractivity contribution >= 4 is 55.1 Å². The Morgan fingerprint density at radius 1 is 0.921 bits per heavy atom. The first-order valence-electron chi connectivity index (χ1n) is 12.1. The second-order valence-corrected chi connectivity index (χ2v) is 12.5. The number of sulfonamides is 1. The monoisotopic (exact) mass is 619 g/mol. The van der Waals surface area contributed by atoms with Crippen molar-refractivity contribution in [3.8, 4) is 0 Å². The zero-order chi connectivity index (χ0) is 27.9. The van der Waals surface area contributed by atoms with Crippen LogP contribution in [0.25, 0.3) is 0 Å². The van der Waals surface area contributed by atoms with Crippen LogP contribution in [0.5, 0.6) is 0 Å². The Bertz CT molecular complexity index is 1350. The SMILES string of the molecule is CC(C)NC(=O)C(Cc1ccccc1)N(Cc1ccc(Br)cc1)C(=O)CN(c1ccccc1Cl)S(C)(=O)=O. The van der Waals surface area contributed by atoms with Crippen molar-refractivity contribution in [2.45, 2.75) is 38.9 Å². The molecule has 3 rings (SSSR count). The Kier molecular flexibility index (Phi) is 10.4. The van der Waals surface area contributed by atoms with Crippen molar-refractivity contribution in [3.05, 3.63) is 99.5 Å². The van der Waals surface area contributed by atoms with E-state index in [1.807, 2.05) is 68.4 Å². The first kappa shape index (κ1) is 29.7. The van der Waals surface area contributed by atoms with E-state index >= 15 is 0 Å². The summed E-state index contributed by atoms with van der Waals surface area (Å²) in [5, 5.41) is 3.12. The van der Waals surface area contributed by atoms with E-state index in [0.717, 1.165) is 26.2 Å². The summed E-state index contributed by atoms with van der Waals surface area (Å²) in [6.45, 7) is 3.29. The molecule has 38 heavy (non-hydrogen) atoms. The predicted molar refractivity (Wildman–Crippen MR) is 156 cm³/mol. The molecule has 0 aliphatic heterocycles. The van der Waals surface area contributed by atoms with E-state index in [-0.39, 0.29) is 35.6 Å². The van der Waals surface area contributed by atoms with Crippen LogP contribution in [0.4, 0.5) is 5.69 Å². The summed E-state index contributed by atoms with van der Waals surface area (Å²) in [7, 11) is -3.88. The van der Waals surface area contributed by atoms with Crippen molar-refractivity contribution in [1.82, 2.24) is 10.2 Å². The van der Waals surface area contributed by atoms with Crippen LogP contribution >= 0.6 is 27.5 Å². The number of hydrogen-bond acceptors (Lipinski definition) is 4. The lowest BCUT2D eigenvalue weighted by Gasteiger charge is -2.34. The van der Waals surface area contributed by atoms with Gasteiger partial charge in [-0.3, -0.25) is 13.9 Å². The third-order valence-electron chi connectivity index (χ3n) is 5.77. The largest absolute Gasteiger partial charge is 0.352 e. The molecule has 1 atom stereocenters. The van der Waals surface area contributed by atoms with Crippen molar-refractivity contribution in [2.24, 2.45) is 0 Å². The summed E-state index contributed by atoms with van der Waals surface area (Å²) in [5.41, 5.74) is 1.86. The summed E-state index contributed by atoms with van der Waals surface area (Å²) in [5.74, 6) is -0.851. The normalized spacial score (nSPS) is 12.2. The fraction of sp³-hybridized carbons (Fsp3) is 0.286. The van der Waals surface area contributed by atoms with Gasteiger partial charge in [0, 0.05) is 23.5 Å². The zero-order valence-electron chi connectivity index (χ0n) is 21.5. The quantitative estimate of drug-likeness (QED) is 0.326. The molecule has 0 aliphatic rings. The third-order valence-corrected chi connectivity index (χ3v) is 7.74. The molecule has 0 saturated heterocycles. The molecular weight excluding hydrogens is 590 g/mol.